The van der Waals surface area contributed by atoms with Gasteiger partial charge < -0.3 is 4.74 Å². The quantitative estimate of drug-likeness (QED) is 0.748. The molecular weight excluding hydrogens is 232 g/mol. The number of benzene rings is 2. The fraction of sp³-hybridized carbons (Fsp3) is 0.444. The molecule has 0 spiro atoms. The first-order chi connectivity index (χ1) is 9.04. The second-order valence-corrected chi connectivity index (χ2v) is 5.83. The molecule has 0 aliphatic carbocycles. The topological polar surface area (TPSA) is 9.23 Å². The zero-order chi connectivity index (χ0) is 14.0. The molecule has 0 atom stereocenters. The van der Waals surface area contributed by atoms with Crippen molar-refractivity contribution in [2.45, 2.75) is 33.3 Å². The summed E-state index contributed by atoms with van der Waals surface area (Å²) in [6.45, 7) is 8.97. The lowest BCUT2D eigenvalue weighted by Crippen LogP contribution is -2.40. The molecule has 0 heterocycles. The van der Waals surface area contributed by atoms with Gasteiger partial charge in [-0.1, -0.05) is 70.2 Å². The molecule has 0 bridgehead atoms. The Hall–Kier alpha value is -1.34. The van der Waals surface area contributed by atoms with E-state index in [1.807, 2.05) is 7.11 Å². The summed E-state index contributed by atoms with van der Waals surface area (Å²) in [7, 11) is 1.84. The van der Waals surface area contributed by atoms with E-state index in [0.29, 0.717) is 11.8 Å². The lowest BCUT2D eigenvalue weighted by atomic mass is 9.73. The molecule has 0 N–H and O–H groups in total. The van der Waals surface area contributed by atoms with Crippen LogP contribution in [-0.4, -0.2) is 7.11 Å². The first-order valence-electron chi connectivity index (χ1n) is 7.07. The van der Waals surface area contributed by atoms with Crippen molar-refractivity contribution in [3.05, 3.63) is 48.0 Å². The van der Waals surface area contributed by atoms with E-state index in [9.17, 15) is 0 Å². The molecular formula is C18H24O. The van der Waals surface area contributed by atoms with Crippen molar-refractivity contribution < 1.29 is 4.74 Å². The Bertz CT molecular complexity index is 541. The summed E-state index contributed by atoms with van der Waals surface area (Å²) in [6.07, 6.45) is 0. The summed E-state index contributed by atoms with van der Waals surface area (Å²) in [6, 6.07) is 15.1. The van der Waals surface area contributed by atoms with Gasteiger partial charge in [-0.25, -0.2) is 0 Å². The molecule has 1 nitrogen and oxygen atoms in total. The summed E-state index contributed by atoms with van der Waals surface area (Å²) >= 11 is 0. The summed E-state index contributed by atoms with van der Waals surface area (Å²) in [5, 5.41) is 2.58. The van der Waals surface area contributed by atoms with Crippen LogP contribution in [0, 0.1) is 11.8 Å². The second kappa shape index (κ2) is 5.34. The molecule has 2 aromatic carbocycles. The fourth-order valence-electron chi connectivity index (χ4n) is 3.44. The summed E-state index contributed by atoms with van der Waals surface area (Å²) in [5.74, 6) is 0.839. The van der Waals surface area contributed by atoms with Gasteiger partial charge in [-0.05, 0) is 28.2 Å². The van der Waals surface area contributed by atoms with Crippen LogP contribution >= 0.6 is 0 Å². The number of hydrogen-bond donors (Lipinski definition) is 0. The Kier molecular flexibility index (Phi) is 3.96. The monoisotopic (exact) mass is 256 g/mol. The first-order valence-corrected chi connectivity index (χ1v) is 7.07. The third kappa shape index (κ3) is 2.17. The number of fused-ring (bicyclic) bond motifs is 1. The van der Waals surface area contributed by atoms with Crippen LogP contribution in [0.2, 0.25) is 0 Å². The van der Waals surface area contributed by atoms with Gasteiger partial charge in [0.25, 0.3) is 0 Å². The molecule has 0 aromatic heterocycles. The highest BCUT2D eigenvalue weighted by atomic mass is 16.5. The molecule has 102 valence electrons. The molecule has 2 aromatic rings. The predicted octanol–water partition coefficient (Wildman–Crippen LogP) is 4.99. The van der Waals surface area contributed by atoms with Crippen LogP contribution in [0.4, 0.5) is 0 Å². The van der Waals surface area contributed by atoms with Crippen LogP contribution < -0.4 is 0 Å². The van der Waals surface area contributed by atoms with Gasteiger partial charge in [-0.2, -0.15) is 0 Å². The van der Waals surface area contributed by atoms with E-state index in [-0.39, 0.29) is 5.60 Å². The maximum Gasteiger partial charge on any atom is 0.0978 e. The minimum atomic E-state index is -0.235. The molecule has 0 saturated carbocycles. The molecule has 0 radical (unpaired) electrons. The van der Waals surface area contributed by atoms with Crippen molar-refractivity contribution in [1.82, 2.24) is 0 Å². The molecule has 0 fully saturated rings. The van der Waals surface area contributed by atoms with Crippen molar-refractivity contribution in [1.29, 1.82) is 0 Å². The Morgan fingerprint density at radius 3 is 2.00 bits per heavy atom. The van der Waals surface area contributed by atoms with Gasteiger partial charge in [-0.3, -0.25) is 0 Å². The number of hydrogen-bond acceptors (Lipinski definition) is 1. The van der Waals surface area contributed by atoms with E-state index < -0.39 is 0 Å². The van der Waals surface area contributed by atoms with Gasteiger partial charge in [0, 0.05) is 7.11 Å². The van der Waals surface area contributed by atoms with Crippen LogP contribution in [0.3, 0.4) is 0 Å². The Balaban J connectivity index is 2.76. The minimum Gasteiger partial charge on any atom is -0.373 e. The van der Waals surface area contributed by atoms with Gasteiger partial charge in [0.15, 0.2) is 0 Å². The van der Waals surface area contributed by atoms with E-state index in [2.05, 4.69) is 70.2 Å². The van der Waals surface area contributed by atoms with Crippen molar-refractivity contribution >= 4 is 10.8 Å². The molecule has 19 heavy (non-hydrogen) atoms. The zero-order valence-electron chi connectivity index (χ0n) is 12.6. The van der Waals surface area contributed by atoms with Crippen molar-refractivity contribution in [2.24, 2.45) is 11.8 Å². The smallest absolute Gasteiger partial charge is 0.0978 e. The van der Waals surface area contributed by atoms with Crippen LogP contribution in [0.1, 0.15) is 33.3 Å². The predicted molar refractivity (Wildman–Crippen MR) is 82.3 cm³/mol. The molecule has 0 aliphatic rings. The second-order valence-electron chi connectivity index (χ2n) is 5.83. The summed E-state index contributed by atoms with van der Waals surface area (Å²) in [4.78, 5) is 0. The van der Waals surface area contributed by atoms with Gasteiger partial charge in [0.05, 0.1) is 5.60 Å². The Morgan fingerprint density at radius 1 is 0.842 bits per heavy atom. The minimum absolute atomic E-state index is 0.235. The van der Waals surface area contributed by atoms with E-state index in [4.69, 9.17) is 4.74 Å². The Labute approximate surface area is 116 Å². The fourth-order valence-corrected chi connectivity index (χ4v) is 3.44. The van der Waals surface area contributed by atoms with Crippen LogP contribution in [-0.2, 0) is 10.3 Å². The first kappa shape index (κ1) is 14.1. The maximum atomic E-state index is 6.05. The number of ether oxygens (including phenoxy) is 1. The SMILES string of the molecule is COC(c1cccc2ccccc12)(C(C)C)C(C)C. The average molecular weight is 256 g/mol. The molecule has 0 unspecified atom stereocenters. The third-order valence-electron chi connectivity index (χ3n) is 4.26. The van der Waals surface area contributed by atoms with Gasteiger partial charge in [0.2, 0.25) is 0 Å². The zero-order valence-corrected chi connectivity index (χ0v) is 12.6. The normalized spacial score (nSPS) is 12.6. The highest BCUT2D eigenvalue weighted by Gasteiger charge is 2.40. The van der Waals surface area contributed by atoms with E-state index >= 15 is 0 Å². The highest BCUT2D eigenvalue weighted by Crippen LogP contribution is 2.42. The molecule has 1 heteroatoms. The molecule has 0 amide bonds. The maximum absolute atomic E-state index is 6.05. The van der Waals surface area contributed by atoms with Gasteiger partial charge >= 0.3 is 0 Å². The Morgan fingerprint density at radius 2 is 1.42 bits per heavy atom. The van der Waals surface area contributed by atoms with Crippen molar-refractivity contribution in [2.75, 3.05) is 7.11 Å². The molecule has 0 saturated heterocycles. The van der Waals surface area contributed by atoms with E-state index in [1.54, 1.807) is 0 Å². The summed E-state index contributed by atoms with van der Waals surface area (Å²) < 4.78 is 6.05. The number of rotatable bonds is 4. The van der Waals surface area contributed by atoms with Gasteiger partial charge in [0.1, 0.15) is 0 Å². The van der Waals surface area contributed by atoms with Crippen LogP contribution in [0.25, 0.3) is 10.8 Å². The third-order valence-corrected chi connectivity index (χ3v) is 4.26. The average Bonchev–Trinajstić information content (AvgIpc) is 2.39. The summed E-state index contributed by atoms with van der Waals surface area (Å²) in [5.41, 5.74) is 1.07. The number of methoxy groups -OCH3 is 1. The molecule has 2 rings (SSSR count). The van der Waals surface area contributed by atoms with Crippen molar-refractivity contribution in [3.63, 3.8) is 0 Å². The van der Waals surface area contributed by atoms with Crippen LogP contribution in [0.5, 0.6) is 0 Å². The lowest BCUT2D eigenvalue weighted by Gasteiger charge is -2.41. The van der Waals surface area contributed by atoms with E-state index in [1.165, 1.54) is 16.3 Å². The highest BCUT2D eigenvalue weighted by molar-refractivity contribution is 5.86. The largest absolute Gasteiger partial charge is 0.373 e. The van der Waals surface area contributed by atoms with Crippen molar-refractivity contribution in [3.8, 4) is 0 Å². The van der Waals surface area contributed by atoms with Gasteiger partial charge in [-0.15, -0.1) is 0 Å². The lowest BCUT2D eigenvalue weighted by molar-refractivity contribution is -0.0890. The standard InChI is InChI=1S/C18H24O/c1-13(2)18(19-5,14(3)4)17-12-8-10-15-9-6-7-11-16(15)17/h6-14H,1-5H3. The van der Waals surface area contributed by atoms with Crippen LogP contribution in [0.15, 0.2) is 42.5 Å². The van der Waals surface area contributed by atoms with E-state index in [0.717, 1.165) is 0 Å². The molecule has 0 aliphatic heterocycles.